The van der Waals surface area contributed by atoms with Crippen LogP contribution in [0, 0.1) is 10.8 Å². The minimum absolute atomic E-state index is 0.00364. The lowest BCUT2D eigenvalue weighted by atomic mass is 9.58. The van der Waals surface area contributed by atoms with Crippen LogP contribution in [0.2, 0.25) is 0 Å². The fourth-order valence-electron chi connectivity index (χ4n) is 6.49. The first-order valence-electron chi connectivity index (χ1n) is 13.3. The predicted octanol–water partition coefficient (Wildman–Crippen LogP) is 6.45. The van der Waals surface area contributed by atoms with E-state index in [1.807, 2.05) is 0 Å². The molecule has 2 aromatic rings. The van der Waals surface area contributed by atoms with Crippen LogP contribution in [0.1, 0.15) is 51.7 Å². The summed E-state index contributed by atoms with van der Waals surface area (Å²) in [6.45, 7) is 9.51. The van der Waals surface area contributed by atoms with Crippen molar-refractivity contribution in [2.24, 2.45) is 10.8 Å². The normalized spacial score (nSPS) is 20.6. The van der Waals surface area contributed by atoms with Gasteiger partial charge in [-0.05, 0) is 47.2 Å². The van der Waals surface area contributed by atoms with Gasteiger partial charge in [0.25, 0.3) is 0 Å². The van der Waals surface area contributed by atoms with Gasteiger partial charge in [-0.15, -0.1) is 0 Å². The van der Waals surface area contributed by atoms with Crippen LogP contribution >= 0.6 is 0 Å². The maximum atomic E-state index is 9.34. The summed E-state index contributed by atoms with van der Waals surface area (Å²) >= 11 is 0. The molecule has 0 spiro atoms. The first-order chi connectivity index (χ1) is 17.8. The molecule has 2 aromatic carbocycles. The number of aliphatic hydroxyl groups excluding tert-OH is 2. The highest BCUT2D eigenvalue weighted by atomic mass is 16.5. The van der Waals surface area contributed by atoms with Gasteiger partial charge in [0.05, 0.1) is 18.6 Å². The van der Waals surface area contributed by atoms with Crippen molar-refractivity contribution in [1.82, 2.24) is 0 Å². The number of ether oxygens (including phenoxy) is 2. The van der Waals surface area contributed by atoms with E-state index in [4.69, 9.17) is 9.47 Å². The van der Waals surface area contributed by atoms with Crippen LogP contribution in [0.5, 0.6) is 0 Å². The summed E-state index contributed by atoms with van der Waals surface area (Å²) in [5.41, 5.74) is 7.08. The summed E-state index contributed by atoms with van der Waals surface area (Å²) in [6.07, 6.45) is 10.4. The highest BCUT2D eigenvalue weighted by Crippen LogP contribution is 2.61. The van der Waals surface area contributed by atoms with Crippen molar-refractivity contribution >= 4 is 0 Å². The fourth-order valence-corrected chi connectivity index (χ4v) is 6.49. The molecular weight excluding hydrogens is 460 g/mol. The van der Waals surface area contributed by atoms with Crippen LogP contribution in [0.4, 0.5) is 0 Å². The second kappa shape index (κ2) is 9.66. The minimum Gasteiger partial charge on any atom is -0.495 e. The third-order valence-electron chi connectivity index (χ3n) is 8.08. The molecule has 0 heterocycles. The lowest BCUT2D eigenvalue weighted by Gasteiger charge is -2.45. The Morgan fingerprint density at radius 3 is 1.41 bits per heavy atom. The third-order valence-corrected chi connectivity index (χ3v) is 8.08. The highest BCUT2D eigenvalue weighted by molar-refractivity contribution is 5.86. The Kier molecular flexibility index (Phi) is 6.68. The number of allylic oxidation sites excluding steroid dienone is 8. The molecule has 4 heteroatoms. The van der Waals surface area contributed by atoms with E-state index in [9.17, 15) is 10.2 Å². The van der Waals surface area contributed by atoms with Gasteiger partial charge in [0, 0.05) is 10.8 Å². The summed E-state index contributed by atoms with van der Waals surface area (Å²) in [5, 5.41) is 18.7. The van der Waals surface area contributed by atoms with Crippen molar-refractivity contribution in [2.75, 3.05) is 26.4 Å². The second-order valence-corrected chi connectivity index (χ2v) is 11.6. The Hall–Kier alpha value is -3.08. The molecule has 194 valence electrons. The molecule has 0 saturated carbocycles. The molecule has 3 aliphatic rings. The summed E-state index contributed by atoms with van der Waals surface area (Å²) in [6, 6.07) is 17.6. The number of benzene rings is 2. The molecule has 4 nitrogen and oxygen atoms in total. The Bertz CT molecular complexity index is 1200. The molecule has 0 unspecified atom stereocenters. The number of fused-ring (bicyclic) bond motifs is 3. The molecule has 3 aliphatic carbocycles. The van der Waals surface area contributed by atoms with Crippen LogP contribution in [0.15, 0.2) is 95.5 Å². The van der Waals surface area contributed by atoms with E-state index in [0.717, 1.165) is 24.4 Å². The van der Waals surface area contributed by atoms with Crippen molar-refractivity contribution < 1.29 is 19.7 Å². The topological polar surface area (TPSA) is 58.9 Å². The van der Waals surface area contributed by atoms with Crippen LogP contribution in [-0.4, -0.2) is 36.6 Å². The number of hydrogen-bond acceptors (Lipinski definition) is 4. The van der Waals surface area contributed by atoms with Crippen molar-refractivity contribution in [3.05, 3.63) is 107 Å². The van der Waals surface area contributed by atoms with E-state index in [0.29, 0.717) is 13.2 Å². The fraction of sp³-hybridized carbons (Fsp3) is 0.394. The van der Waals surface area contributed by atoms with Gasteiger partial charge in [-0.1, -0.05) is 99.5 Å². The van der Waals surface area contributed by atoms with Crippen LogP contribution in [-0.2, 0) is 14.9 Å². The van der Waals surface area contributed by atoms with Crippen molar-refractivity contribution in [3.8, 4) is 11.1 Å². The largest absolute Gasteiger partial charge is 0.495 e. The SMILES string of the molecule is CC1(C)CC(C2(C3=CC=C(OCCO)C(C)(C)C3)c3ccccc3-c3ccccc32)=CC=C1OCCO. The average molecular weight is 499 g/mol. The van der Waals surface area contributed by atoms with Gasteiger partial charge in [-0.2, -0.15) is 0 Å². The first kappa shape index (κ1) is 25.6. The van der Waals surface area contributed by atoms with Gasteiger partial charge in [-0.25, -0.2) is 0 Å². The zero-order valence-corrected chi connectivity index (χ0v) is 22.4. The molecule has 0 atom stereocenters. The average Bonchev–Trinajstić information content (AvgIpc) is 3.18. The van der Waals surface area contributed by atoms with E-state index in [1.54, 1.807) is 0 Å². The molecule has 2 N–H and O–H groups in total. The van der Waals surface area contributed by atoms with Gasteiger partial charge in [-0.3, -0.25) is 0 Å². The maximum Gasteiger partial charge on any atom is 0.111 e. The zero-order valence-electron chi connectivity index (χ0n) is 22.4. The van der Waals surface area contributed by atoms with Crippen LogP contribution < -0.4 is 0 Å². The van der Waals surface area contributed by atoms with E-state index in [2.05, 4.69) is 101 Å². The van der Waals surface area contributed by atoms with Crippen molar-refractivity contribution in [1.29, 1.82) is 0 Å². The molecule has 0 radical (unpaired) electrons. The smallest absolute Gasteiger partial charge is 0.111 e. The molecule has 0 fully saturated rings. The van der Waals surface area contributed by atoms with E-state index < -0.39 is 5.41 Å². The lowest BCUT2D eigenvalue weighted by molar-refractivity contribution is 0.0997. The summed E-state index contributed by atoms with van der Waals surface area (Å²) in [4.78, 5) is 0. The van der Waals surface area contributed by atoms with Gasteiger partial charge >= 0.3 is 0 Å². The number of aliphatic hydroxyl groups is 2. The van der Waals surface area contributed by atoms with Crippen molar-refractivity contribution in [2.45, 2.75) is 46.0 Å². The Morgan fingerprint density at radius 1 is 0.622 bits per heavy atom. The van der Waals surface area contributed by atoms with Crippen LogP contribution in [0.25, 0.3) is 11.1 Å². The van der Waals surface area contributed by atoms with Gasteiger partial charge in [0.15, 0.2) is 0 Å². The van der Waals surface area contributed by atoms with Crippen LogP contribution in [0.3, 0.4) is 0 Å². The molecule has 0 aromatic heterocycles. The first-order valence-corrected chi connectivity index (χ1v) is 13.3. The standard InChI is InChI=1S/C33H38O4/c1-31(2)21-23(13-15-29(31)36-19-17-34)33(24-14-16-30(37-20-18-35)32(3,4)22-24)27-11-7-5-9-25(27)26-10-6-8-12-28(26)33/h5-16,34-35H,17-22H2,1-4H3. The molecule has 5 rings (SSSR count). The predicted molar refractivity (Wildman–Crippen MR) is 148 cm³/mol. The molecule has 0 bridgehead atoms. The van der Waals surface area contributed by atoms with E-state index in [1.165, 1.54) is 33.4 Å². The summed E-state index contributed by atoms with van der Waals surface area (Å²) in [7, 11) is 0. The minimum atomic E-state index is -0.403. The second-order valence-electron chi connectivity index (χ2n) is 11.6. The highest BCUT2D eigenvalue weighted by Gasteiger charge is 2.51. The van der Waals surface area contributed by atoms with E-state index >= 15 is 0 Å². The molecule has 37 heavy (non-hydrogen) atoms. The monoisotopic (exact) mass is 498 g/mol. The molecular formula is C33H38O4. The quantitative estimate of drug-likeness (QED) is 0.439. The van der Waals surface area contributed by atoms with Gasteiger partial charge in [0.1, 0.15) is 24.7 Å². The Balaban J connectivity index is 1.76. The third kappa shape index (κ3) is 4.17. The molecule has 0 saturated heterocycles. The molecule has 0 aliphatic heterocycles. The number of hydrogen-bond donors (Lipinski definition) is 2. The van der Waals surface area contributed by atoms with Crippen molar-refractivity contribution in [3.63, 3.8) is 0 Å². The van der Waals surface area contributed by atoms with Gasteiger partial charge in [0.2, 0.25) is 0 Å². The Morgan fingerprint density at radius 2 is 1.03 bits per heavy atom. The summed E-state index contributed by atoms with van der Waals surface area (Å²) in [5.74, 6) is 1.83. The van der Waals surface area contributed by atoms with E-state index in [-0.39, 0.29) is 24.0 Å². The lowest BCUT2D eigenvalue weighted by Crippen LogP contribution is -2.38. The summed E-state index contributed by atoms with van der Waals surface area (Å²) < 4.78 is 11.9. The van der Waals surface area contributed by atoms with Gasteiger partial charge < -0.3 is 19.7 Å². The maximum absolute atomic E-state index is 9.34. The Labute approximate surface area is 220 Å². The number of rotatable bonds is 8. The molecule has 0 amide bonds. The zero-order chi connectivity index (χ0) is 26.3.